The second kappa shape index (κ2) is 6.98. The summed E-state index contributed by atoms with van der Waals surface area (Å²) in [5.74, 6) is 0.659. The molecule has 0 aliphatic rings. The van der Waals surface area contributed by atoms with Crippen LogP contribution in [-0.4, -0.2) is 0 Å². The molecule has 0 unspecified atom stereocenters. The standard InChI is InChI=1S/C28H28NO/c1-17(2)14-20-10-12-24-21(16-20)11-13-25(29(24)5)27-19(4)18(3)15-23-22-8-6-7-9-26(22)30-28(23)27/h6-13,15-17H,14H2,1-5H3/q+1. The van der Waals surface area contributed by atoms with Crippen molar-refractivity contribution in [1.29, 1.82) is 0 Å². The Morgan fingerprint density at radius 1 is 0.900 bits per heavy atom. The summed E-state index contributed by atoms with van der Waals surface area (Å²) in [5.41, 5.74) is 9.50. The first-order valence-electron chi connectivity index (χ1n) is 10.8. The van der Waals surface area contributed by atoms with E-state index in [1.165, 1.54) is 49.6 Å². The van der Waals surface area contributed by atoms with Gasteiger partial charge in [0.2, 0.25) is 11.2 Å². The Morgan fingerprint density at radius 3 is 2.50 bits per heavy atom. The number of para-hydroxylation sites is 1. The first-order chi connectivity index (χ1) is 14.4. The first-order valence-corrected chi connectivity index (χ1v) is 10.8. The number of fused-ring (bicyclic) bond motifs is 4. The maximum absolute atomic E-state index is 6.39. The number of furan rings is 1. The minimum Gasteiger partial charge on any atom is -0.455 e. The van der Waals surface area contributed by atoms with E-state index in [2.05, 4.69) is 93.9 Å². The maximum atomic E-state index is 6.39. The van der Waals surface area contributed by atoms with Gasteiger partial charge in [0.05, 0.1) is 5.56 Å². The molecule has 2 nitrogen and oxygen atoms in total. The monoisotopic (exact) mass is 394 g/mol. The van der Waals surface area contributed by atoms with Gasteiger partial charge in [-0.15, -0.1) is 0 Å². The third-order valence-corrected chi connectivity index (χ3v) is 6.32. The smallest absolute Gasteiger partial charge is 0.216 e. The van der Waals surface area contributed by atoms with Gasteiger partial charge in [-0.25, -0.2) is 0 Å². The van der Waals surface area contributed by atoms with E-state index in [0.29, 0.717) is 5.92 Å². The van der Waals surface area contributed by atoms with Gasteiger partial charge in [-0.3, -0.25) is 0 Å². The molecule has 0 N–H and O–H groups in total. The maximum Gasteiger partial charge on any atom is 0.216 e. The molecule has 0 atom stereocenters. The lowest BCUT2D eigenvalue weighted by Crippen LogP contribution is -2.32. The molecule has 150 valence electrons. The number of hydrogen-bond acceptors (Lipinski definition) is 1. The Morgan fingerprint density at radius 2 is 1.70 bits per heavy atom. The van der Waals surface area contributed by atoms with Gasteiger partial charge >= 0.3 is 0 Å². The molecule has 5 rings (SSSR count). The molecule has 2 heterocycles. The van der Waals surface area contributed by atoms with Crippen molar-refractivity contribution in [1.82, 2.24) is 0 Å². The highest BCUT2D eigenvalue weighted by Gasteiger charge is 2.23. The van der Waals surface area contributed by atoms with Gasteiger partial charge in [0, 0.05) is 28.3 Å². The largest absolute Gasteiger partial charge is 0.455 e. The third-order valence-electron chi connectivity index (χ3n) is 6.32. The number of pyridine rings is 1. The lowest BCUT2D eigenvalue weighted by Gasteiger charge is -2.11. The fourth-order valence-corrected chi connectivity index (χ4v) is 4.70. The van der Waals surface area contributed by atoms with Crippen molar-refractivity contribution in [3.05, 3.63) is 77.4 Å². The van der Waals surface area contributed by atoms with Crippen LogP contribution in [-0.2, 0) is 13.5 Å². The van der Waals surface area contributed by atoms with Gasteiger partial charge < -0.3 is 4.42 Å². The minimum atomic E-state index is 0.659. The lowest BCUT2D eigenvalue weighted by molar-refractivity contribution is -0.633. The van der Waals surface area contributed by atoms with E-state index in [0.717, 1.165) is 17.6 Å². The van der Waals surface area contributed by atoms with Crippen LogP contribution in [0.15, 0.2) is 65.1 Å². The van der Waals surface area contributed by atoms with Gasteiger partial charge in [-0.2, -0.15) is 4.57 Å². The van der Waals surface area contributed by atoms with Crippen molar-refractivity contribution in [3.8, 4) is 11.3 Å². The molecule has 0 aliphatic heterocycles. The van der Waals surface area contributed by atoms with E-state index in [1.54, 1.807) is 0 Å². The van der Waals surface area contributed by atoms with Crippen LogP contribution < -0.4 is 4.57 Å². The molecule has 0 radical (unpaired) electrons. The van der Waals surface area contributed by atoms with Gasteiger partial charge in [-0.1, -0.05) is 38.1 Å². The Hall–Kier alpha value is -3.13. The molecule has 2 heteroatoms. The summed E-state index contributed by atoms with van der Waals surface area (Å²) in [6.07, 6.45) is 1.11. The first kappa shape index (κ1) is 18.9. The fourth-order valence-electron chi connectivity index (χ4n) is 4.70. The summed E-state index contributed by atoms with van der Waals surface area (Å²) in [6, 6.07) is 21.9. The van der Waals surface area contributed by atoms with Crippen molar-refractivity contribution in [2.75, 3.05) is 0 Å². The summed E-state index contributed by atoms with van der Waals surface area (Å²) < 4.78 is 8.70. The van der Waals surface area contributed by atoms with Crippen molar-refractivity contribution in [2.24, 2.45) is 13.0 Å². The molecule has 0 saturated carbocycles. The van der Waals surface area contributed by atoms with Crippen LogP contribution in [0.25, 0.3) is 44.1 Å². The molecule has 30 heavy (non-hydrogen) atoms. The van der Waals surface area contributed by atoms with Gasteiger partial charge in [-0.05, 0) is 67.1 Å². The zero-order chi connectivity index (χ0) is 21.0. The van der Waals surface area contributed by atoms with Crippen molar-refractivity contribution < 1.29 is 8.98 Å². The van der Waals surface area contributed by atoms with E-state index in [9.17, 15) is 0 Å². The Labute approximate surface area is 177 Å². The number of benzene rings is 3. The van der Waals surface area contributed by atoms with Gasteiger partial charge in [0.25, 0.3) is 0 Å². The van der Waals surface area contributed by atoms with Crippen LogP contribution in [0, 0.1) is 19.8 Å². The van der Waals surface area contributed by atoms with E-state index >= 15 is 0 Å². The summed E-state index contributed by atoms with van der Waals surface area (Å²) in [6.45, 7) is 8.94. The topological polar surface area (TPSA) is 17.0 Å². The number of aryl methyl sites for hydroxylation is 2. The predicted molar refractivity (Wildman–Crippen MR) is 126 cm³/mol. The van der Waals surface area contributed by atoms with Crippen LogP contribution in [0.1, 0.15) is 30.5 Å². The molecule has 0 saturated heterocycles. The van der Waals surface area contributed by atoms with Crippen molar-refractivity contribution >= 4 is 32.8 Å². The highest BCUT2D eigenvalue weighted by molar-refractivity contribution is 6.10. The van der Waals surface area contributed by atoms with E-state index in [1.807, 2.05) is 6.07 Å². The van der Waals surface area contributed by atoms with Crippen LogP contribution in [0.2, 0.25) is 0 Å². The number of aromatic nitrogens is 1. The summed E-state index contributed by atoms with van der Waals surface area (Å²) in [7, 11) is 2.16. The number of rotatable bonds is 3. The molecule has 5 aromatic rings. The predicted octanol–water partition coefficient (Wildman–Crippen LogP) is 7.05. The Kier molecular flexibility index (Phi) is 4.39. The summed E-state index contributed by atoms with van der Waals surface area (Å²) >= 11 is 0. The molecule has 0 amide bonds. The molecular formula is C28H28NO+. The average Bonchev–Trinajstić information content (AvgIpc) is 3.07. The SMILES string of the molecule is Cc1cc2c(oc3ccccc32)c(-c2ccc3cc(CC(C)C)ccc3[n+]2C)c1C. The Balaban J connectivity index is 1.79. The molecule has 2 aromatic heterocycles. The van der Waals surface area contributed by atoms with E-state index < -0.39 is 0 Å². The zero-order valence-corrected chi connectivity index (χ0v) is 18.4. The quantitative estimate of drug-likeness (QED) is 0.300. The number of nitrogens with zero attached hydrogens (tertiary/aromatic N) is 1. The highest BCUT2D eigenvalue weighted by atomic mass is 16.3. The molecule has 0 fully saturated rings. The van der Waals surface area contributed by atoms with E-state index in [4.69, 9.17) is 4.42 Å². The molecule has 0 bridgehead atoms. The molecular weight excluding hydrogens is 366 g/mol. The summed E-state index contributed by atoms with van der Waals surface area (Å²) in [4.78, 5) is 0. The van der Waals surface area contributed by atoms with Crippen molar-refractivity contribution in [2.45, 2.75) is 34.1 Å². The van der Waals surface area contributed by atoms with E-state index in [-0.39, 0.29) is 0 Å². The van der Waals surface area contributed by atoms with Crippen molar-refractivity contribution in [3.63, 3.8) is 0 Å². The van der Waals surface area contributed by atoms with Gasteiger partial charge in [0.15, 0.2) is 0 Å². The van der Waals surface area contributed by atoms with Crippen LogP contribution in [0.4, 0.5) is 0 Å². The third kappa shape index (κ3) is 2.90. The van der Waals surface area contributed by atoms with Crippen LogP contribution >= 0.6 is 0 Å². The molecule has 0 spiro atoms. The minimum absolute atomic E-state index is 0.659. The average molecular weight is 395 g/mol. The highest BCUT2D eigenvalue weighted by Crippen LogP contribution is 2.38. The fraction of sp³-hybridized carbons (Fsp3) is 0.250. The zero-order valence-electron chi connectivity index (χ0n) is 18.4. The van der Waals surface area contributed by atoms with Crippen LogP contribution in [0.3, 0.4) is 0 Å². The summed E-state index contributed by atoms with van der Waals surface area (Å²) in [5, 5.41) is 3.65. The second-order valence-electron chi connectivity index (χ2n) is 8.94. The normalized spacial score (nSPS) is 11.9. The van der Waals surface area contributed by atoms with Crippen LogP contribution in [0.5, 0.6) is 0 Å². The lowest BCUT2D eigenvalue weighted by atomic mass is 9.95. The molecule has 3 aromatic carbocycles. The van der Waals surface area contributed by atoms with Gasteiger partial charge in [0.1, 0.15) is 18.2 Å². The number of hydrogen-bond donors (Lipinski definition) is 0. The second-order valence-corrected chi connectivity index (χ2v) is 8.94. The Bertz CT molecular complexity index is 1420. The molecule has 0 aliphatic carbocycles.